The number of carbonyl (C=O) groups is 2. The van der Waals surface area contributed by atoms with Crippen LogP contribution in [0.25, 0.3) is 0 Å². The van der Waals surface area contributed by atoms with Crippen molar-refractivity contribution in [3.05, 3.63) is 48.5 Å². The van der Waals surface area contributed by atoms with Crippen molar-refractivity contribution >= 4 is 35.1 Å². The Morgan fingerprint density at radius 3 is 2.67 bits per heavy atom. The van der Waals surface area contributed by atoms with Crippen LogP contribution in [0.1, 0.15) is 13.3 Å². The average Bonchev–Trinajstić information content (AvgIpc) is 3.03. The van der Waals surface area contributed by atoms with Crippen LogP contribution in [0.3, 0.4) is 0 Å². The second kappa shape index (κ2) is 8.81. The van der Waals surface area contributed by atoms with Gasteiger partial charge in [-0.3, -0.25) is 4.79 Å². The highest BCUT2D eigenvalue weighted by atomic mass is 32.2. The topological polar surface area (TPSA) is 70.7 Å². The minimum Gasteiger partial charge on any atom is -0.494 e. The summed E-state index contributed by atoms with van der Waals surface area (Å²) in [6.45, 7) is 2.98. The predicted molar refractivity (Wildman–Crippen MR) is 109 cm³/mol. The Balaban J connectivity index is 1.59. The quantitative estimate of drug-likeness (QED) is 0.743. The molecule has 0 aromatic heterocycles. The molecule has 3 amide bonds. The van der Waals surface area contributed by atoms with Gasteiger partial charge in [-0.15, -0.1) is 11.8 Å². The number of anilines is 2. The van der Waals surface area contributed by atoms with Crippen LogP contribution in [-0.2, 0) is 4.79 Å². The van der Waals surface area contributed by atoms with E-state index < -0.39 is 0 Å². The molecule has 0 saturated carbocycles. The normalized spacial score (nSPS) is 16.3. The van der Waals surface area contributed by atoms with Crippen LogP contribution in [-0.4, -0.2) is 37.4 Å². The first kappa shape index (κ1) is 19.1. The van der Waals surface area contributed by atoms with Gasteiger partial charge < -0.3 is 20.3 Å². The van der Waals surface area contributed by atoms with Crippen LogP contribution in [0.4, 0.5) is 16.2 Å². The summed E-state index contributed by atoms with van der Waals surface area (Å²) in [6, 6.07) is 14.5. The Hall–Kier alpha value is -2.67. The summed E-state index contributed by atoms with van der Waals surface area (Å²) in [6.07, 6.45) is 2.24. The number of thioether (sulfide) groups is 1. The van der Waals surface area contributed by atoms with E-state index in [-0.39, 0.29) is 24.4 Å². The molecule has 7 heteroatoms. The Bertz CT molecular complexity index is 810. The Morgan fingerprint density at radius 2 is 1.96 bits per heavy atom. The Morgan fingerprint density at radius 1 is 1.22 bits per heavy atom. The summed E-state index contributed by atoms with van der Waals surface area (Å²) in [4.78, 5) is 27.4. The van der Waals surface area contributed by atoms with Gasteiger partial charge in [0.15, 0.2) is 0 Å². The molecule has 1 atom stereocenters. The molecule has 0 bridgehead atoms. The highest BCUT2D eigenvalue weighted by Crippen LogP contribution is 2.26. The molecule has 27 heavy (non-hydrogen) atoms. The van der Waals surface area contributed by atoms with Gasteiger partial charge >= 0.3 is 6.03 Å². The van der Waals surface area contributed by atoms with Crippen molar-refractivity contribution in [3.63, 3.8) is 0 Å². The van der Waals surface area contributed by atoms with Gasteiger partial charge in [0.1, 0.15) is 5.75 Å². The van der Waals surface area contributed by atoms with E-state index >= 15 is 0 Å². The molecule has 2 N–H and O–H groups in total. The predicted octanol–water partition coefficient (Wildman–Crippen LogP) is 3.73. The monoisotopic (exact) mass is 385 g/mol. The maximum Gasteiger partial charge on any atom is 0.319 e. The highest BCUT2D eigenvalue weighted by Gasteiger charge is 2.31. The molecule has 6 nitrogen and oxygen atoms in total. The molecule has 0 aliphatic carbocycles. The number of ether oxygens (including phenoxy) is 1. The molecule has 1 fully saturated rings. The molecule has 142 valence electrons. The van der Waals surface area contributed by atoms with Gasteiger partial charge in [-0.2, -0.15) is 0 Å². The van der Waals surface area contributed by atoms with E-state index in [0.717, 1.165) is 22.0 Å². The lowest BCUT2D eigenvalue weighted by molar-refractivity contribution is -0.117. The first-order valence-corrected chi connectivity index (χ1v) is 10.1. The summed E-state index contributed by atoms with van der Waals surface area (Å²) >= 11 is 1.57. The number of amides is 3. The van der Waals surface area contributed by atoms with E-state index in [4.69, 9.17) is 4.74 Å². The number of hydrogen-bond donors (Lipinski definition) is 2. The van der Waals surface area contributed by atoms with E-state index in [0.29, 0.717) is 13.2 Å². The van der Waals surface area contributed by atoms with E-state index in [9.17, 15) is 9.59 Å². The van der Waals surface area contributed by atoms with Crippen molar-refractivity contribution in [3.8, 4) is 5.75 Å². The fourth-order valence-electron chi connectivity index (χ4n) is 3.03. The third-order valence-corrected chi connectivity index (χ3v) is 5.07. The minimum absolute atomic E-state index is 0.00558. The molecule has 0 spiro atoms. The van der Waals surface area contributed by atoms with Crippen LogP contribution < -0.4 is 20.3 Å². The van der Waals surface area contributed by atoms with Gasteiger partial charge in [0.25, 0.3) is 0 Å². The fraction of sp³-hybridized carbons (Fsp3) is 0.300. The Labute approximate surface area is 163 Å². The average molecular weight is 385 g/mol. The van der Waals surface area contributed by atoms with Gasteiger partial charge in [-0.05, 0) is 49.6 Å². The van der Waals surface area contributed by atoms with Crippen molar-refractivity contribution in [1.29, 1.82) is 0 Å². The summed E-state index contributed by atoms with van der Waals surface area (Å²) in [7, 11) is 0. The molecule has 3 rings (SSSR count). The number of hydrogen-bond acceptors (Lipinski definition) is 4. The number of urea groups is 1. The van der Waals surface area contributed by atoms with Crippen molar-refractivity contribution in [2.75, 3.05) is 29.6 Å². The van der Waals surface area contributed by atoms with Crippen molar-refractivity contribution < 1.29 is 14.3 Å². The van der Waals surface area contributed by atoms with Crippen LogP contribution in [0.5, 0.6) is 5.75 Å². The maximum atomic E-state index is 12.4. The third kappa shape index (κ3) is 4.74. The van der Waals surface area contributed by atoms with Gasteiger partial charge in [0.2, 0.25) is 5.91 Å². The largest absolute Gasteiger partial charge is 0.494 e. The second-order valence-corrected chi connectivity index (χ2v) is 6.98. The standard InChI is InChI=1S/C20H23N3O3S/c1-3-26-16-10-8-15(9-11-16)23-13-14(12-19(23)24)21-20(25)22-17-6-4-5-7-18(17)27-2/h4-11,14H,3,12-13H2,1-2H3,(H2,21,22,25)/t14-/m1/s1. The van der Waals surface area contributed by atoms with Crippen LogP contribution in [0, 0.1) is 0 Å². The number of nitrogens with one attached hydrogen (secondary N) is 2. The van der Waals surface area contributed by atoms with E-state index in [1.807, 2.05) is 61.7 Å². The van der Waals surface area contributed by atoms with E-state index in [1.165, 1.54) is 0 Å². The first-order valence-electron chi connectivity index (χ1n) is 8.84. The van der Waals surface area contributed by atoms with E-state index in [1.54, 1.807) is 16.7 Å². The molecule has 1 aliphatic rings. The SMILES string of the molecule is CCOc1ccc(N2C[C@H](NC(=O)Nc3ccccc3SC)CC2=O)cc1. The number of benzene rings is 2. The molecule has 1 saturated heterocycles. The lowest BCUT2D eigenvalue weighted by atomic mass is 10.2. The lowest BCUT2D eigenvalue weighted by Crippen LogP contribution is -2.39. The van der Waals surface area contributed by atoms with Gasteiger partial charge in [0.05, 0.1) is 18.3 Å². The summed E-state index contributed by atoms with van der Waals surface area (Å²) in [5.74, 6) is 0.767. The lowest BCUT2D eigenvalue weighted by Gasteiger charge is -2.18. The molecular formula is C20H23N3O3S. The molecule has 0 unspecified atom stereocenters. The van der Waals surface area contributed by atoms with Gasteiger partial charge in [-0.25, -0.2) is 4.79 Å². The van der Waals surface area contributed by atoms with Crippen molar-refractivity contribution in [2.45, 2.75) is 24.3 Å². The van der Waals surface area contributed by atoms with Crippen molar-refractivity contribution in [2.24, 2.45) is 0 Å². The highest BCUT2D eigenvalue weighted by molar-refractivity contribution is 7.98. The summed E-state index contributed by atoms with van der Waals surface area (Å²) in [5.41, 5.74) is 1.57. The molecule has 1 heterocycles. The summed E-state index contributed by atoms with van der Waals surface area (Å²) in [5, 5.41) is 5.76. The number of rotatable bonds is 6. The molecule has 2 aromatic rings. The number of nitrogens with zero attached hydrogens (tertiary/aromatic N) is 1. The first-order chi connectivity index (χ1) is 13.1. The summed E-state index contributed by atoms with van der Waals surface area (Å²) < 4.78 is 5.43. The Kier molecular flexibility index (Phi) is 6.24. The molecular weight excluding hydrogens is 362 g/mol. The fourth-order valence-corrected chi connectivity index (χ4v) is 3.59. The zero-order chi connectivity index (χ0) is 19.2. The molecule has 1 aliphatic heterocycles. The maximum absolute atomic E-state index is 12.4. The van der Waals surface area contributed by atoms with Gasteiger partial charge in [0, 0.05) is 23.5 Å². The van der Waals surface area contributed by atoms with E-state index in [2.05, 4.69) is 10.6 Å². The van der Waals surface area contributed by atoms with Crippen molar-refractivity contribution in [1.82, 2.24) is 5.32 Å². The third-order valence-electron chi connectivity index (χ3n) is 4.27. The number of para-hydroxylation sites is 1. The minimum atomic E-state index is -0.303. The second-order valence-electron chi connectivity index (χ2n) is 6.13. The van der Waals surface area contributed by atoms with Crippen LogP contribution >= 0.6 is 11.8 Å². The number of carbonyl (C=O) groups excluding carboxylic acids is 2. The van der Waals surface area contributed by atoms with Crippen LogP contribution in [0.2, 0.25) is 0 Å². The molecule has 2 aromatic carbocycles. The zero-order valence-corrected chi connectivity index (χ0v) is 16.2. The zero-order valence-electron chi connectivity index (χ0n) is 15.4. The van der Waals surface area contributed by atoms with Crippen LogP contribution in [0.15, 0.2) is 53.4 Å². The van der Waals surface area contributed by atoms with Gasteiger partial charge in [-0.1, -0.05) is 12.1 Å². The smallest absolute Gasteiger partial charge is 0.319 e. The molecule has 0 radical (unpaired) electrons.